The van der Waals surface area contributed by atoms with Crippen molar-refractivity contribution in [1.29, 1.82) is 0 Å². The first-order valence-corrected chi connectivity index (χ1v) is 5.84. The normalized spacial score (nSPS) is 28.9. The van der Waals surface area contributed by atoms with Gasteiger partial charge in [0.1, 0.15) is 11.4 Å². The quantitative estimate of drug-likeness (QED) is 0.550. The van der Waals surface area contributed by atoms with Crippen molar-refractivity contribution >= 4 is 17.7 Å². The molecule has 0 bridgehead atoms. The highest BCUT2D eigenvalue weighted by atomic mass is 16.6. The summed E-state index contributed by atoms with van der Waals surface area (Å²) in [6.07, 6.45) is -0.165. The van der Waals surface area contributed by atoms with Crippen LogP contribution in [0.1, 0.15) is 40.0 Å². The van der Waals surface area contributed by atoms with Gasteiger partial charge in [0.2, 0.25) is 0 Å². The number of carbonyl (C=O) groups is 3. The van der Waals surface area contributed by atoms with Crippen LogP contribution >= 0.6 is 0 Å². The zero-order valence-electron chi connectivity index (χ0n) is 10.9. The molecule has 0 aliphatic heterocycles. The van der Waals surface area contributed by atoms with Crippen molar-refractivity contribution in [3.05, 3.63) is 0 Å². The molecule has 0 aromatic heterocycles. The topological polar surface area (TPSA) is 107 Å². The molecular weight excluding hydrogens is 238 g/mol. The van der Waals surface area contributed by atoms with E-state index in [2.05, 4.69) is 0 Å². The molecule has 1 aliphatic carbocycles. The van der Waals surface area contributed by atoms with Crippen LogP contribution < -0.4 is 5.73 Å². The number of ketones is 1. The standard InChI is InChI=1S/C12H19NO5/c1-11(2,3)18-10(17)12(9(15)16)5-4-7(14)6-8(12)13/h8H,4-6,13H2,1-3H3,(H,15,16)/t8-,12+/m0/s1. The van der Waals surface area contributed by atoms with Gasteiger partial charge in [-0.05, 0) is 27.2 Å². The first-order valence-electron chi connectivity index (χ1n) is 5.84. The smallest absolute Gasteiger partial charge is 0.325 e. The van der Waals surface area contributed by atoms with Gasteiger partial charge in [0.25, 0.3) is 0 Å². The van der Waals surface area contributed by atoms with Crippen molar-refractivity contribution in [3.8, 4) is 0 Å². The SMILES string of the molecule is CC(C)(C)OC(=O)[C@]1(C(=O)O)CCC(=O)C[C@@H]1N. The molecule has 0 spiro atoms. The summed E-state index contributed by atoms with van der Waals surface area (Å²) in [6.45, 7) is 4.96. The maximum absolute atomic E-state index is 12.1. The van der Waals surface area contributed by atoms with Crippen LogP contribution in [0.2, 0.25) is 0 Å². The Kier molecular flexibility index (Phi) is 3.81. The second kappa shape index (κ2) is 4.68. The molecule has 0 aromatic carbocycles. The minimum absolute atomic E-state index is 0.0409. The molecule has 2 atom stereocenters. The Morgan fingerprint density at radius 1 is 1.44 bits per heavy atom. The molecule has 1 aliphatic rings. The lowest BCUT2D eigenvalue weighted by Crippen LogP contribution is -2.58. The molecule has 3 N–H and O–H groups in total. The average molecular weight is 257 g/mol. The predicted octanol–water partition coefficient (Wildman–Crippen LogP) is 0.479. The summed E-state index contributed by atoms with van der Waals surface area (Å²) in [4.78, 5) is 34.8. The van der Waals surface area contributed by atoms with Gasteiger partial charge >= 0.3 is 11.9 Å². The number of Topliss-reactive ketones (excluding diaryl/α,β-unsaturated/α-hetero) is 1. The van der Waals surface area contributed by atoms with Crippen LogP contribution in [0.4, 0.5) is 0 Å². The van der Waals surface area contributed by atoms with Crippen molar-refractivity contribution in [2.24, 2.45) is 11.1 Å². The van der Waals surface area contributed by atoms with E-state index in [-0.39, 0.29) is 25.0 Å². The van der Waals surface area contributed by atoms with Crippen molar-refractivity contribution in [2.75, 3.05) is 0 Å². The molecule has 0 amide bonds. The van der Waals surface area contributed by atoms with E-state index >= 15 is 0 Å². The maximum Gasteiger partial charge on any atom is 0.325 e. The van der Waals surface area contributed by atoms with Crippen LogP contribution in [0.25, 0.3) is 0 Å². The highest BCUT2D eigenvalue weighted by Gasteiger charge is 2.55. The Labute approximate surface area is 105 Å². The monoisotopic (exact) mass is 257 g/mol. The third-order valence-corrected chi connectivity index (χ3v) is 3.02. The van der Waals surface area contributed by atoms with E-state index < -0.39 is 29.0 Å². The summed E-state index contributed by atoms with van der Waals surface area (Å²) in [5, 5.41) is 9.32. The Morgan fingerprint density at radius 3 is 2.39 bits per heavy atom. The van der Waals surface area contributed by atoms with E-state index in [9.17, 15) is 19.5 Å². The Hall–Kier alpha value is -1.43. The highest BCUT2D eigenvalue weighted by molar-refractivity contribution is 6.02. The molecule has 1 fully saturated rings. The first-order chi connectivity index (χ1) is 8.09. The third-order valence-electron chi connectivity index (χ3n) is 3.02. The van der Waals surface area contributed by atoms with Crippen molar-refractivity contribution in [1.82, 2.24) is 0 Å². The van der Waals surface area contributed by atoms with E-state index in [1.54, 1.807) is 20.8 Å². The molecule has 1 saturated carbocycles. The summed E-state index contributed by atoms with van der Waals surface area (Å²) in [5.41, 5.74) is 3.13. The van der Waals surface area contributed by atoms with Crippen LogP contribution in [-0.2, 0) is 19.1 Å². The van der Waals surface area contributed by atoms with Crippen molar-refractivity contribution < 1.29 is 24.2 Å². The summed E-state index contributed by atoms with van der Waals surface area (Å²) >= 11 is 0. The lowest BCUT2D eigenvalue weighted by molar-refractivity contribution is -0.180. The lowest BCUT2D eigenvalue weighted by Gasteiger charge is -2.37. The number of ether oxygens (including phenoxy) is 1. The van der Waals surface area contributed by atoms with Crippen LogP contribution in [0.3, 0.4) is 0 Å². The van der Waals surface area contributed by atoms with E-state index in [4.69, 9.17) is 10.5 Å². The average Bonchev–Trinajstić information content (AvgIpc) is 2.13. The number of esters is 1. The molecule has 0 unspecified atom stereocenters. The minimum Gasteiger partial charge on any atom is -0.480 e. The van der Waals surface area contributed by atoms with E-state index in [1.807, 2.05) is 0 Å². The molecule has 1 rings (SSSR count). The van der Waals surface area contributed by atoms with Gasteiger partial charge in [-0.3, -0.25) is 14.4 Å². The van der Waals surface area contributed by atoms with Crippen LogP contribution in [0.5, 0.6) is 0 Å². The highest BCUT2D eigenvalue weighted by Crippen LogP contribution is 2.37. The summed E-state index contributed by atoms with van der Waals surface area (Å²) in [6, 6.07) is -1.04. The number of rotatable bonds is 2. The van der Waals surface area contributed by atoms with Gasteiger partial charge in [-0.15, -0.1) is 0 Å². The Bertz CT molecular complexity index is 384. The molecule has 0 aromatic rings. The summed E-state index contributed by atoms with van der Waals surface area (Å²) in [7, 11) is 0. The maximum atomic E-state index is 12.1. The van der Waals surface area contributed by atoms with Crippen LogP contribution in [-0.4, -0.2) is 34.5 Å². The fraction of sp³-hybridized carbons (Fsp3) is 0.750. The zero-order chi connectivity index (χ0) is 14.1. The number of carboxylic acids is 1. The largest absolute Gasteiger partial charge is 0.480 e. The molecule has 6 heteroatoms. The van der Waals surface area contributed by atoms with Crippen molar-refractivity contribution in [3.63, 3.8) is 0 Å². The lowest BCUT2D eigenvalue weighted by atomic mass is 9.70. The zero-order valence-corrected chi connectivity index (χ0v) is 10.9. The molecule has 6 nitrogen and oxygen atoms in total. The van der Waals surface area contributed by atoms with Gasteiger partial charge in [0.15, 0.2) is 5.41 Å². The van der Waals surface area contributed by atoms with Gasteiger partial charge in [-0.1, -0.05) is 0 Å². The molecule has 0 saturated heterocycles. The number of carboxylic acid groups (broad SMARTS) is 1. The first kappa shape index (κ1) is 14.6. The van der Waals surface area contributed by atoms with Crippen LogP contribution in [0.15, 0.2) is 0 Å². The number of aliphatic carboxylic acids is 1. The Balaban J connectivity index is 3.05. The fourth-order valence-corrected chi connectivity index (χ4v) is 2.02. The van der Waals surface area contributed by atoms with Crippen molar-refractivity contribution in [2.45, 2.75) is 51.7 Å². The van der Waals surface area contributed by atoms with E-state index in [0.717, 1.165) is 0 Å². The second-order valence-electron chi connectivity index (χ2n) is 5.63. The number of hydrogen-bond donors (Lipinski definition) is 2. The van der Waals surface area contributed by atoms with E-state index in [1.165, 1.54) is 0 Å². The minimum atomic E-state index is -1.80. The van der Waals surface area contributed by atoms with Gasteiger partial charge in [0.05, 0.1) is 0 Å². The number of hydrogen-bond acceptors (Lipinski definition) is 5. The van der Waals surface area contributed by atoms with Gasteiger partial charge < -0.3 is 15.6 Å². The number of carbonyl (C=O) groups excluding carboxylic acids is 2. The molecule has 0 heterocycles. The third kappa shape index (κ3) is 2.69. The molecule has 102 valence electrons. The fourth-order valence-electron chi connectivity index (χ4n) is 2.02. The Morgan fingerprint density at radius 2 is 2.00 bits per heavy atom. The molecular formula is C12H19NO5. The predicted molar refractivity (Wildman–Crippen MR) is 62.7 cm³/mol. The van der Waals surface area contributed by atoms with E-state index in [0.29, 0.717) is 0 Å². The summed E-state index contributed by atoms with van der Waals surface area (Å²) in [5.74, 6) is -2.30. The van der Waals surface area contributed by atoms with Gasteiger partial charge in [-0.2, -0.15) is 0 Å². The molecule has 18 heavy (non-hydrogen) atoms. The van der Waals surface area contributed by atoms with Crippen LogP contribution in [0, 0.1) is 5.41 Å². The van der Waals surface area contributed by atoms with Gasteiger partial charge in [0, 0.05) is 18.9 Å². The number of nitrogens with two attached hydrogens (primary N) is 1. The molecule has 0 radical (unpaired) electrons. The van der Waals surface area contributed by atoms with Gasteiger partial charge in [-0.25, -0.2) is 0 Å². The summed E-state index contributed by atoms with van der Waals surface area (Å²) < 4.78 is 5.14. The second-order valence-corrected chi connectivity index (χ2v) is 5.63.